The number of hydrogen-bond donors (Lipinski definition) is 0. The zero-order chi connectivity index (χ0) is 46.4. The van der Waals surface area contributed by atoms with E-state index in [4.69, 9.17) is 0 Å². The smallest absolute Gasteiger partial charge is 1.00 e. The fraction of sp³-hybridized carbons (Fsp3) is 0.468. The molecule has 3 heteroatoms. The third-order valence-electron chi connectivity index (χ3n) is 14.9. The maximum atomic E-state index is 2.74. The van der Waals surface area contributed by atoms with Crippen LogP contribution < -0.4 is 24.8 Å². The van der Waals surface area contributed by atoms with Crippen molar-refractivity contribution in [3.8, 4) is 11.1 Å². The first-order valence-corrected chi connectivity index (χ1v) is 27.9. The number of rotatable bonds is 4. The van der Waals surface area contributed by atoms with E-state index in [1.807, 2.05) is 0 Å². The number of hydrogen-bond acceptors (Lipinski definition) is 0. The fourth-order valence-corrected chi connectivity index (χ4v) is 20.6. The van der Waals surface area contributed by atoms with Gasteiger partial charge in [-0.05, 0) is 0 Å². The summed E-state index contributed by atoms with van der Waals surface area (Å²) in [5, 5.41) is 0. The largest absolute Gasteiger partial charge is 1.00 e. The summed E-state index contributed by atoms with van der Waals surface area (Å²) in [6, 6.07) is 30.6. The number of benzene rings is 4. The number of allylic oxidation sites excluding steroid dienone is 8. The van der Waals surface area contributed by atoms with E-state index in [1.165, 1.54) is 72.4 Å². The summed E-state index contributed by atoms with van der Waals surface area (Å²) in [6.45, 7) is 48.0. The Morgan fingerprint density at radius 1 is 0.477 bits per heavy atom. The van der Waals surface area contributed by atoms with Gasteiger partial charge in [0.2, 0.25) is 0 Å². The van der Waals surface area contributed by atoms with Crippen molar-refractivity contribution >= 4 is 14.4 Å². The van der Waals surface area contributed by atoms with Crippen molar-refractivity contribution in [2.75, 3.05) is 0 Å². The summed E-state index contributed by atoms with van der Waals surface area (Å²) in [6.07, 6.45) is 10.5. The van der Waals surface area contributed by atoms with Crippen molar-refractivity contribution in [1.82, 2.24) is 0 Å². The molecule has 0 saturated heterocycles. The van der Waals surface area contributed by atoms with Gasteiger partial charge in [-0.1, -0.05) is 0 Å². The van der Waals surface area contributed by atoms with Crippen LogP contribution in [0.3, 0.4) is 0 Å². The van der Waals surface area contributed by atoms with E-state index in [0.29, 0.717) is 9.54 Å². The first kappa shape index (κ1) is 51.6. The molecule has 0 bridgehead atoms. The summed E-state index contributed by atoms with van der Waals surface area (Å²) in [5.41, 5.74) is 22.3. The molecule has 0 spiro atoms. The van der Waals surface area contributed by atoms with E-state index in [2.05, 4.69) is 236 Å². The molecule has 65 heavy (non-hydrogen) atoms. The predicted molar refractivity (Wildman–Crippen MR) is 273 cm³/mol. The van der Waals surface area contributed by atoms with Crippen LogP contribution in [0.1, 0.15) is 198 Å². The summed E-state index contributed by atoms with van der Waals surface area (Å²) in [4.78, 5) is 0. The predicted octanol–water partition coefficient (Wildman–Crippen LogP) is 11.2. The minimum atomic E-state index is -3.16. The topological polar surface area (TPSA) is 0 Å². The Balaban J connectivity index is 0.00000350. The van der Waals surface area contributed by atoms with E-state index >= 15 is 0 Å². The van der Waals surface area contributed by atoms with E-state index in [1.54, 1.807) is 17.6 Å². The summed E-state index contributed by atoms with van der Waals surface area (Å²) >= 11 is -3.16. The van der Waals surface area contributed by atoms with Gasteiger partial charge in [0, 0.05) is 0 Å². The van der Waals surface area contributed by atoms with Crippen LogP contribution in [0.25, 0.3) is 22.3 Å². The molecule has 1 unspecified atom stereocenters. The maximum Gasteiger partial charge on any atom is -1.00 e. The quantitative estimate of drug-likeness (QED) is 0.191. The van der Waals surface area contributed by atoms with Crippen LogP contribution in [0.4, 0.5) is 0 Å². The second-order valence-corrected chi connectivity index (χ2v) is 32.3. The Bertz CT molecular complexity index is 2550. The van der Waals surface area contributed by atoms with Crippen LogP contribution in [-0.4, -0.2) is 3.21 Å². The standard InChI is InChI=1S/C31H37.C21H26.C10H15.2ClH.Zr/c1-28(2,3)26-16-30(7,8)24-12-18-11-19-13-25-23(15-21(19)20(18)14-22(24)26)27(29(4,5)6)17-31(25,9)10;1-20(2,3)18-11-7-16(8-12-18)15-17-9-13-19(14-10-17)21(4,5)6;1-8-5-6-9(7-8)10(2,3)4;;;/h11-17H,1-10H3;7-14H,1-6H3;6-8H,1-4H3;2*1H;/q;;;;;+2/p-2. The van der Waals surface area contributed by atoms with Gasteiger partial charge in [-0.15, -0.1) is 0 Å². The van der Waals surface area contributed by atoms with Crippen LogP contribution in [0.5, 0.6) is 0 Å². The molecule has 1 atom stereocenters. The molecule has 0 saturated carbocycles. The van der Waals surface area contributed by atoms with Gasteiger partial charge in [-0.2, -0.15) is 0 Å². The van der Waals surface area contributed by atoms with Crippen LogP contribution in [0.15, 0.2) is 106 Å². The Morgan fingerprint density at radius 2 is 0.846 bits per heavy atom. The number of halogens is 2. The van der Waals surface area contributed by atoms with Crippen LogP contribution in [-0.2, 0) is 42.9 Å². The van der Waals surface area contributed by atoms with Crippen LogP contribution >= 0.6 is 0 Å². The second kappa shape index (κ2) is 16.7. The Morgan fingerprint density at radius 3 is 1.15 bits per heavy atom. The van der Waals surface area contributed by atoms with Gasteiger partial charge in [-0.25, -0.2) is 0 Å². The third kappa shape index (κ3) is 9.13. The molecule has 0 fully saturated rings. The van der Waals surface area contributed by atoms with Gasteiger partial charge >= 0.3 is 394 Å². The molecule has 0 nitrogen and oxygen atoms in total. The Hall–Kier alpha value is -2.83. The minimum absolute atomic E-state index is 0. The SMILES string of the molecule is CC1C=C(C(C)(C)C)C=[C]1[Zr+2](=[C](c1ccc(C(C)(C)C)cc1)c1ccc(C(C)(C)C)cc1)[CH]1c2cc3c(cc2-c2cc4c(cc21)C(C)(C)C=C4C(C)(C)C)C(C(C)(C)C)=CC3(C)C.[Cl-].[Cl-]. The van der Waals surface area contributed by atoms with Crippen molar-refractivity contribution in [3.05, 3.63) is 162 Å². The van der Waals surface area contributed by atoms with Gasteiger partial charge in [0.05, 0.1) is 0 Å². The van der Waals surface area contributed by atoms with E-state index in [9.17, 15) is 0 Å². The fourth-order valence-electron chi connectivity index (χ4n) is 11.1. The van der Waals surface area contributed by atoms with Crippen molar-refractivity contribution < 1.29 is 46.1 Å². The van der Waals surface area contributed by atoms with Gasteiger partial charge in [0.25, 0.3) is 0 Å². The average molecular weight is 985 g/mol. The zero-order valence-corrected chi connectivity index (χ0v) is 47.6. The molecule has 4 aromatic carbocycles. The molecule has 0 radical (unpaired) electrons. The Labute approximate surface area is 416 Å². The van der Waals surface area contributed by atoms with E-state index < -0.39 is 21.3 Å². The van der Waals surface area contributed by atoms with Crippen molar-refractivity contribution in [2.24, 2.45) is 22.2 Å². The molecule has 0 N–H and O–H groups in total. The Kier molecular flexibility index (Phi) is 13.2. The number of fused-ring (bicyclic) bond motifs is 5. The van der Waals surface area contributed by atoms with E-state index in [0.717, 1.165) is 0 Å². The van der Waals surface area contributed by atoms with Gasteiger partial charge in [0.1, 0.15) is 0 Å². The molecule has 4 aromatic rings. The normalized spacial score (nSPS) is 18.5. The zero-order valence-electron chi connectivity index (χ0n) is 43.6. The molecule has 0 aliphatic heterocycles. The van der Waals surface area contributed by atoms with Gasteiger partial charge in [-0.3, -0.25) is 0 Å². The summed E-state index contributed by atoms with van der Waals surface area (Å²) < 4.78 is 3.66. The molecule has 0 aromatic heterocycles. The maximum absolute atomic E-state index is 3.16. The molecular weight excluding hydrogens is 907 g/mol. The third-order valence-corrected chi connectivity index (χ3v) is 23.6. The minimum Gasteiger partial charge on any atom is -1.00 e. The molecule has 0 amide bonds. The van der Waals surface area contributed by atoms with E-state index in [-0.39, 0.29) is 62.7 Å². The van der Waals surface area contributed by atoms with Gasteiger partial charge < -0.3 is 24.8 Å². The average Bonchev–Trinajstić information content (AvgIpc) is 3.85. The van der Waals surface area contributed by atoms with Crippen molar-refractivity contribution in [1.29, 1.82) is 0 Å². The van der Waals surface area contributed by atoms with Crippen molar-refractivity contribution in [2.45, 2.75) is 164 Å². The summed E-state index contributed by atoms with van der Waals surface area (Å²) in [5.74, 6) is 0.374. The molecular formula is C62H78Cl2Zr. The van der Waals surface area contributed by atoms with Gasteiger partial charge in [0.15, 0.2) is 0 Å². The molecule has 4 aliphatic carbocycles. The molecule has 4 aliphatic rings. The first-order chi connectivity index (χ1) is 28.8. The molecule has 344 valence electrons. The van der Waals surface area contributed by atoms with Crippen LogP contribution in [0, 0.1) is 22.2 Å². The monoisotopic (exact) mass is 982 g/mol. The summed E-state index contributed by atoms with van der Waals surface area (Å²) in [7, 11) is 0. The first-order valence-electron chi connectivity index (χ1n) is 24.0. The molecule has 8 rings (SSSR count). The van der Waals surface area contributed by atoms with Crippen LogP contribution in [0.2, 0.25) is 0 Å². The molecule has 0 heterocycles. The van der Waals surface area contributed by atoms with Crippen molar-refractivity contribution in [3.63, 3.8) is 0 Å². The second-order valence-electron chi connectivity index (χ2n) is 26.2.